The van der Waals surface area contributed by atoms with Crippen LogP contribution in [0.4, 0.5) is 5.95 Å². The normalized spacial score (nSPS) is 24.6. The summed E-state index contributed by atoms with van der Waals surface area (Å²) in [7, 11) is 0. The van der Waals surface area contributed by atoms with E-state index in [1.165, 1.54) is 19.3 Å². The molecular weight excluding hydrogens is 289 g/mol. The molecule has 0 aromatic carbocycles. The van der Waals surface area contributed by atoms with Crippen LogP contribution in [0.5, 0.6) is 0 Å². The Morgan fingerprint density at radius 2 is 2.00 bits per heavy atom. The second-order valence-electron chi connectivity index (χ2n) is 4.21. The predicted molar refractivity (Wildman–Crippen MR) is 69.8 cm³/mol. The minimum absolute atomic E-state index is 0.657. The molecule has 2 atom stereocenters. The van der Waals surface area contributed by atoms with Crippen LogP contribution >= 0.6 is 27.5 Å². The smallest absolute Gasteiger partial charge is 0.222 e. The summed E-state index contributed by atoms with van der Waals surface area (Å²) in [5.74, 6) is 2.80. The van der Waals surface area contributed by atoms with Crippen LogP contribution in [0.2, 0.25) is 0 Å². The fraction of sp³-hybridized carbons (Fsp3) is 0.636. The van der Waals surface area contributed by atoms with E-state index in [0.29, 0.717) is 17.8 Å². The van der Waals surface area contributed by atoms with Crippen molar-refractivity contribution in [3.05, 3.63) is 16.9 Å². The van der Waals surface area contributed by atoms with E-state index in [-0.39, 0.29) is 0 Å². The number of nitrogens with one attached hydrogen (secondary N) is 1. The third-order valence-corrected chi connectivity index (χ3v) is 3.96. The topological polar surface area (TPSA) is 37.8 Å². The Morgan fingerprint density at radius 1 is 1.31 bits per heavy atom. The molecule has 3 nitrogen and oxygen atoms in total. The van der Waals surface area contributed by atoms with Crippen molar-refractivity contribution in [1.29, 1.82) is 0 Å². The van der Waals surface area contributed by atoms with Gasteiger partial charge < -0.3 is 5.32 Å². The van der Waals surface area contributed by atoms with Gasteiger partial charge in [-0.1, -0.05) is 6.42 Å². The number of nitrogens with zero attached hydrogens (tertiary/aromatic N) is 2. The molecule has 16 heavy (non-hydrogen) atoms. The molecule has 2 rings (SSSR count). The van der Waals surface area contributed by atoms with Gasteiger partial charge in [0, 0.05) is 24.8 Å². The second-order valence-corrected chi connectivity index (χ2v) is 5.44. The molecule has 0 bridgehead atoms. The van der Waals surface area contributed by atoms with Crippen molar-refractivity contribution in [1.82, 2.24) is 9.97 Å². The van der Waals surface area contributed by atoms with Crippen LogP contribution in [0.15, 0.2) is 16.9 Å². The zero-order valence-electron chi connectivity index (χ0n) is 9.00. The van der Waals surface area contributed by atoms with E-state index in [1.54, 1.807) is 12.4 Å². The molecule has 1 saturated carbocycles. The van der Waals surface area contributed by atoms with Crippen molar-refractivity contribution in [2.24, 2.45) is 11.8 Å². The minimum atomic E-state index is 0.657. The highest BCUT2D eigenvalue weighted by Gasteiger charge is 2.26. The molecule has 1 heterocycles. The van der Waals surface area contributed by atoms with Gasteiger partial charge in [0.1, 0.15) is 0 Å². The molecule has 0 spiro atoms. The first-order valence-corrected chi connectivity index (χ1v) is 6.89. The zero-order chi connectivity index (χ0) is 11.4. The third-order valence-electron chi connectivity index (χ3n) is 3.16. The molecule has 1 aliphatic rings. The standard InChI is InChI=1S/C11H15BrClN3/c12-10-6-15-11(16-7-10)14-5-9-3-1-2-8(9)4-13/h6-9H,1-5H2,(H,14,15,16). The summed E-state index contributed by atoms with van der Waals surface area (Å²) in [5.41, 5.74) is 0. The SMILES string of the molecule is ClCC1CCCC1CNc1ncc(Br)cn1. The lowest BCUT2D eigenvalue weighted by molar-refractivity contribution is 0.443. The Morgan fingerprint density at radius 3 is 2.69 bits per heavy atom. The average Bonchev–Trinajstić information content (AvgIpc) is 2.76. The van der Waals surface area contributed by atoms with Gasteiger partial charge in [0.05, 0.1) is 4.47 Å². The summed E-state index contributed by atoms with van der Waals surface area (Å²) < 4.78 is 0.901. The highest BCUT2D eigenvalue weighted by molar-refractivity contribution is 9.10. The Kier molecular flexibility index (Phi) is 4.41. The highest BCUT2D eigenvalue weighted by Crippen LogP contribution is 2.32. The lowest BCUT2D eigenvalue weighted by Gasteiger charge is -2.17. The van der Waals surface area contributed by atoms with Crippen molar-refractivity contribution in [2.45, 2.75) is 19.3 Å². The third kappa shape index (κ3) is 3.08. The Labute approximate surface area is 109 Å². The van der Waals surface area contributed by atoms with Gasteiger partial charge >= 0.3 is 0 Å². The van der Waals surface area contributed by atoms with E-state index >= 15 is 0 Å². The molecule has 2 unspecified atom stereocenters. The molecule has 1 aromatic rings. The van der Waals surface area contributed by atoms with E-state index in [4.69, 9.17) is 11.6 Å². The van der Waals surface area contributed by atoms with E-state index in [0.717, 1.165) is 16.9 Å². The summed E-state index contributed by atoms with van der Waals surface area (Å²) >= 11 is 9.25. The summed E-state index contributed by atoms with van der Waals surface area (Å²) in [6, 6.07) is 0. The fourth-order valence-corrected chi connectivity index (χ4v) is 2.82. The molecule has 1 aliphatic carbocycles. The Hall–Kier alpha value is -0.350. The van der Waals surface area contributed by atoms with Gasteiger partial charge in [0.2, 0.25) is 5.95 Å². The zero-order valence-corrected chi connectivity index (χ0v) is 11.3. The van der Waals surface area contributed by atoms with Crippen LogP contribution in [0.25, 0.3) is 0 Å². The number of hydrogen-bond donors (Lipinski definition) is 1. The largest absolute Gasteiger partial charge is 0.354 e. The number of alkyl halides is 1. The molecule has 0 radical (unpaired) electrons. The van der Waals surface area contributed by atoms with E-state index in [2.05, 4.69) is 31.2 Å². The van der Waals surface area contributed by atoms with Crippen molar-refractivity contribution in [3.8, 4) is 0 Å². The molecule has 1 fully saturated rings. The highest BCUT2D eigenvalue weighted by atomic mass is 79.9. The summed E-state index contributed by atoms with van der Waals surface area (Å²) in [6.07, 6.45) is 7.33. The summed E-state index contributed by atoms with van der Waals surface area (Å²) in [4.78, 5) is 8.38. The van der Waals surface area contributed by atoms with Crippen LogP contribution in [-0.4, -0.2) is 22.4 Å². The molecule has 1 N–H and O–H groups in total. The average molecular weight is 305 g/mol. The number of hydrogen-bond acceptors (Lipinski definition) is 3. The maximum absolute atomic E-state index is 5.94. The number of aromatic nitrogens is 2. The number of halogens is 2. The van der Waals surface area contributed by atoms with Crippen LogP contribution in [0.1, 0.15) is 19.3 Å². The number of rotatable bonds is 4. The maximum atomic E-state index is 5.94. The molecule has 0 amide bonds. The predicted octanol–water partition coefficient (Wildman–Crippen LogP) is 3.31. The summed E-state index contributed by atoms with van der Waals surface area (Å²) in [5, 5.41) is 3.28. The van der Waals surface area contributed by atoms with Crippen LogP contribution in [-0.2, 0) is 0 Å². The van der Waals surface area contributed by atoms with Crippen molar-refractivity contribution >= 4 is 33.5 Å². The molecule has 88 valence electrons. The van der Waals surface area contributed by atoms with E-state index in [1.807, 2.05) is 0 Å². The van der Waals surface area contributed by atoms with Crippen molar-refractivity contribution < 1.29 is 0 Å². The van der Waals surface area contributed by atoms with E-state index in [9.17, 15) is 0 Å². The van der Waals surface area contributed by atoms with Gasteiger partial charge in [-0.05, 0) is 40.6 Å². The maximum Gasteiger partial charge on any atom is 0.222 e. The molecular formula is C11H15BrClN3. The monoisotopic (exact) mass is 303 g/mol. The first-order valence-electron chi connectivity index (χ1n) is 5.57. The van der Waals surface area contributed by atoms with Gasteiger partial charge in [0.15, 0.2) is 0 Å². The Balaban J connectivity index is 1.85. The van der Waals surface area contributed by atoms with Gasteiger partial charge in [0.25, 0.3) is 0 Å². The second kappa shape index (κ2) is 5.82. The quantitative estimate of drug-likeness (QED) is 0.867. The molecule has 0 saturated heterocycles. The molecule has 5 heteroatoms. The van der Waals surface area contributed by atoms with Crippen LogP contribution in [0, 0.1) is 11.8 Å². The number of anilines is 1. The lowest BCUT2D eigenvalue weighted by atomic mass is 9.98. The van der Waals surface area contributed by atoms with Crippen molar-refractivity contribution in [2.75, 3.05) is 17.7 Å². The fourth-order valence-electron chi connectivity index (χ4n) is 2.21. The van der Waals surface area contributed by atoms with E-state index < -0.39 is 0 Å². The first-order chi connectivity index (χ1) is 7.79. The van der Waals surface area contributed by atoms with Crippen LogP contribution < -0.4 is 5.32 Å². The first kappa shape index (κ1) is 12.1. The Bertz CT molecular complexity index is 331. The minimum Gasteiger partial charge on any atom is -0.354 e. The van der Waals surface area contributed by atoms with Crippen LogP contribution in [0.3, 0.4) is 0 Å². The van der Waals surface area contributed by atoms with Gasteiger partial charge in [-0.25, -0.2) is 9.97 Å². The molecule has 0 aliphatic heterocycles. The van der Waals surface area contributed by atoms with Crippen molar-refractivity contribution in [3.63, 3.8) is 0 Å². The van der Waals surface area contributed by atoms with Gasteiger partial charge in [-0.3, -0.25) is 0 Å². The van der Waals surface area contributed by atoms with Gasteiger partial charge in [-0.15, -0.1) is 11.6 Å². The van der Waals surface area contributed by atoms with Gasteiger partial charge in [-0.2, -0.15) is 0 Å². The molecule has 1 aromatic heterocycles. The lowest BCUT2D eigenvalue weighted by Crippen LogP contribution is -2.20. The summed E-state index contributed by atoms with van der Waals surface area (Å²) in [6.45, 7) is 0.930.